The fourth-order valence-electron chi connectivity index (χ4n) is 13.3. The molecule has 51 nitrogen and oxygen atoms in total. The minimum atomic E-state index is -4.00. The van der Waals surface area contributed by atoms with Gasteiger partial charge in [-0.1, -0.05) is 34.1 Å². The number of nitrogens with two attached hydrogens (primary N) is 3. The smallest absolute Gasteiger partial charge is 0.327 e. The first-order chi connectivity index (χ1) is 58.9. The van der Waals surface area contributed by atoms with Gasteiger partial charge in [0, 0.05) is 36.5 Å². The van der Waals surface area contributed by atoms with Crippen molar-refractivity contribution >= 4 is 159 Å². The highest BCUT2D eigenvalue weighted by molar-refractivity contribution is 8.56. The number of nitrogens with zero attached hydrogens (tertiary/aromatic N) is 12. The van der Waals surface area contributed by atoms with Crippen LogP contribution in [0.2, 0.25) is 0 Å². The number of aromatic nitrogens is 12. The summed E-state index contributed by atoms with van der Waals surface area (Å²) in [6, 6.07) is -3.23. The Bertz CT molecular complexity index is 4710. The molecule has 696 valence electrons. The summed E-state index contributed by atoms with van der Waals surface area (Å²) in [6.07, 6.45) is -9.56. The van der Waals surface area contributed by atoms with Crippen molar-refractivity contribution in [1.29, 1.82) is 0 Å². The van der Waals surface area contributed by atoms with E-state index in [1.807, 2.05) is 0 Å². The maximum absolute atomic E-state index is 13.9. The highest BCUT2D eigenvalue weighted by atomic mass is 32.7. The van der Waals surface area contributed by atoms with Crippen molar-refractivity contribution in [3.8, 4) is 17.6 Å². The van der Waals surface area contributed by atoms with Crippen molar-refractivity contribution in [3.05, 3.63) is 19.0 Å². The molecule has 7 unspecified atom stereocenters. The van der Waals surface area contributed by atoms with Crippen molar-refractivity contribution in [3.63, 3.8) is 0 Å². The summed E-state index contributed by atoms with van der Waals surface area (Å²) in [5.74, 6) is -7.44. The van der Waals surface area contributed by atoms with Crippen LogP contribution in [-0.4, -0.2) is 291 Å². The van der Waals surface area contributed by atoms with Crippen molar-refractivity contribution in [2.75, 3.05) is 75.6 Å². The molecule has 57 heteroatoms. The van der Waals surface area contributed by atoms with E-state index in [2.05, 4.69) is 76.1 Å². The highest BCUT2D eigenvalue weighted by Crippen LogP contribution is 2.61. The molecule has 0 aromatic carbocycles. The molecule has 6 saturated heterocycles. The summed E-state index contributed by atoms with van der Waals surface area (Å²) in [5.41, 5.74) is 12.9. The lowest BCUT2D eigenvalue weighted by Crippen LogP contribution is -2.44. The molecule has 0 spiro atoms. The Morgan fingerprint density at radius 1 is 0.460 bits per heavy atom. The zero-order valence-corrected chi connectivity index (χ0v) is 75.8. The Morgan fingerprint density at radius 3 is 0.905 bits per heavy atom. The summed E-state index contributed by atoms with van der Waals surface area (Å²) < 4.78 is 112. The van der Waals surface area contributed by atoms with Crippen LogP contribution in [0.1, 0.15) is 121 Å². The molecule has 6 amide bonds. The van der Waals surface area contributed by atoms with E-state index in [1.165, 1.54) is 95.6 Å². The average molecular weight is 1890 g/mol. The maximum atomic E-state index is 13.9. The third-order valence-corrected chi connectivity index (χ3v) is 32.3. The number of amides is 6. The third-order valence-electron chi connectivity index (χ3n) is 19.8. The predicted molar refractivity (Wildman–Crippen MR) is 444 cm³/mol. The predicted octanol–water partition coefficient (Wildman–Crippen LogP) is -0.370. The summed E-state index contributed by atoms with van der Waals surface area (Å²) in [7, 11) is 4.14. The number of nitrogens with one attached hydrogen (secondary N) is 6. The summed E-state index contributed by atoms with van der Waals surface area (Å²) in [6.45, 7) is 4.76. The molecule has 21 atom stereocenters. The molecule has 0 aliphatic carbocycles. The van der Waals surface area contributed by atoms with Gasteiger partial charge in [0.2, 0.25) is 70.9 Å². The van der Waals surface area contributed by atoms with E-state index in [1.54, 1.807) is 41.5 Å². The second-order valence-electron chi connectivity index (χ2n) is 31.1. The molecule has 0 radical (unpaired) electrons. The first-order valence-electron chi connectivity index (χ1n) is 38.9. The van der Waals surface area contributed by atoms with Crippen molar-refractivity contribution in [2.45, 2.75) is 211 Å². The number of aliphatic hydroxyl groups is 6. The molecule has 12 rings (SSSR count). The number of anilines is 3. The van der Waals surface area contributed by atoms with Crippen LogP contribution in [0.25, 0.3) is 33.5 Å². The fraction of sp³-hybridized carbons (Fsp3) is 0.652. The number of aliphatic hydroxyl groups excluding tert-OH is 3. The lowest BCUT2D eigenvalue weighted by molar-refractivity contribution is -0.149. The second kappa shape index (κ2) is 40.6. The van der Waals surface area contributed by atoms with Crippen LogP contribution < -0.4 is 62.6 Å². The summed E-state index contributed by atoms with van der Waals surface area (Å²) >= 11 is 2.17. The normalized spacial score (nSPS) is 28.2. The van der Waals surface area contributed by atoms with Crippen molar-refractivity contribution < 1.29 is 144 Å². The number of methoxy groups -OCH3 is 3. The van der Waals surface area contributed by atoms with Crippen LogP contribution in [0.15, 0.2) is 19.0 Å². The average Bonchev–Trinajstić information content (AvgIpc) is 1.60. The molecule has 6 aliphatic heterocycles. The van der Waals surface area contributed by atoms with E-state index in [0.29, 0.717) is 0 Å². The van der Waals surface area contributed by atoms with Gasteiger partial charge in [-0.3, -0.25) is 86.5 Å². The molecule has 6 aliphatic rings. The Kier molecular flexibility index (Phi) is 32.1. The lowest BCUT2D eigenvalue weighted by Gasteiger charge is -2.27. The number of imidazole rings is 3. The Morgan fingerprint density at radius 2 is 0.698 bits per heavy atom. The zero-order chi connectivity index (χ0) is 92.9. The van der Waals surface area contributed by atoms with Gasteiger partial charge < -0.3 is 104 Å². The highest BCUT2D eigenvalue weighted by Gasteiger charge is 2.58. The number of hydrogen-bond acceptors (Lipinski definition) is 45. The van der Waals surface area contributed by atoms with Gasteiger partial charge in [-0.05, 0) is 83.1 Å². The van der Waals surface area contributed by atoms with Crippen LogP contribution in [0.3, 0.4) is 0 Å². The third kappa shape index (κ3) is 23.2. The molecular weight excluding hydrogens is 1790 g/mol. The first-order valence-corrected chi connectivity index (χ1v) is 48.5. The molecule has 18 N–H and O–H groups in total. The monoisotopic (exact) mass is 1890 g/mol. The van der Waals surface area contributed by atoms with Gasteiger partial charge in [0.25, 0.3) is 0 Å². The van der Waals surface area contributed by atoms with Gasteiger partial charge in [0.15, 0.2) is 52.2 Å². The standard InChI is InChI=1S/3C23H34N7O10PS/c3*1-10(2)39-20(34)11(3)29-41(36,42-8-12-6-14(31)26-18(12)33)38-7-13-16(32)23(4,35)21(40-13)30-9-25-15-17(30)27-22(24)28-19(15)37-5/h3*9-13,16,21,32,35H,6-8H2,1-5H3,(H,29,36)(H2,24,27,28)(H,26,31,33)/t11-,12?,13+,16+,21?,23+,41?;11-,12?,13-,16-,21?,23-,41+;11-,12?,13-,16-,21?,23-,41-/m011/s1. The number of carbonyl (C=O) groups excluding carboxylic acids is 9. The Hall–Kier alpha value is -8.58. The quantitative estimate of drug-likeness (QED) is 0.0103. The van der Waals surface area contributed by atoms with Crippen LogP contribution in [-0.2, 0) is 98.8 Å². The van der Waals surface area contributed by atoms with E-state index in [0.717, 1.165) is 34.1 Å². The molecule has 6 aromatic heterocycles. The van der Waals surface area contributed by atoms with E-state index in [4.69, 9.17) is 73.4 Å². The number of hydrogen-bond donors (Lipinski definition) is 15. The SMILES string of the molecule is COc1nc(N)nc2c1ncn2C1O[C@H](COP(=O)(N[C@@H](C)C(=O)OC(C)C)SCC2CC(=O)NC2=O)[C@@H](O)[C@@]1(C)O.COc1nc(N)nc2c1ncn2C1O[C@H](CO[P@@](=O)(N[C@H](C)C(=O)OC(C)C)SCC2CC(=O)NC2=O)[C@@H](O)[C@@]1(C)O.COc1nc(N)nc2c1ncn2C1O[C@H](CO[P@](=O)(N[C@H](C)C(=O)OC(C)C)SCC2CC(=O)NC2=O)[C@@H](O)[C@@]1(C)O. The molecule has 0 bridgehead atoms. The number of ether oxygens (including phenoxy) is 9. The summed E-state index contributed by atoms with van der Waals surface area (Å²) in [5, 5.41) is 81.2. The molecule has 12 heterocycles. The van der Waals surface area contributed by atoms with Crippen LogP contribution >= 0.6 is 54.3 Å². The number of nitrogen functional groups attached to an aromatic ring is 3. The summed E-state index contributed by atoms with van der Waals surface area (Å²) in [4.78, 5) is 145. The van der Waals surface area contributed by atoms with Gasteiger partial charge in [-0.25, -0.2) is 30.2 Å². The van der Waals surface area contributed by atoms with Gasteiger partial charge in [0.05, 0.1) is 96.2 Å². The maximum Gasteiger partial charge on any atom is 0.327 e. The minimum absolute atomic E-state index is 0.0633. The van der Waals surface area contributed by atoms with E-state index >= 15 is 0 Å². The first kappa shape index (κ1) is 99.6. The molecule has 126 heavy (non-hydrogen) atoms. The van der Waals surface area contributed by atoms with Gasteiger partial charge in [-0.2, -0.15) is 29.9 Å². The number of carbonyl (C=O) groups is 9. The van der Waals surface area contributed by atoms with Crippen molar-refractivity contribution in [2.24, 2.45) is 17.8 Å². The molecule has 6 aromatic rings. The van der Waals surface area contributed by atoms with Crippen LogP contribution in [0.4, 0.5) is 17.8 Å². The molecule has 6 fully saturated rings. The van der Waals surface area contributed by atoms with Crippen molar-refractivity contribution in [1.82, 2.24) is 89.8 Å². The molecular formula is C69H102N21O30P3S3. The second-order valence-corrected chi connectivity index (χ2v) is 44.0. The van der Waals surface area contributed by atoms with E-state index in [-0.39, 0.29) is 105 Å². The zero-order valence-electron chi connectivity index (χ0n) is 70.6. The topological polar surface area (TPSA) is 718 Å². The number of rotatable bonds is 36. The Balaban J connectivity index is 0.000000197. The number of imide groups is 3. The fourth-order valence-corrected chi connectivity index (χ4v) is 25.4. The van der Waals surface area contributed by atoms with E-state index in [9.17, 15) is 87.5 Å². The number of fused-ring (bicyclic) bond motifs is 3. The van der Waals surface area contributed by atoms with Gasteiger partial charge in [-0.15, -0.1) is 0 Å². The van der Waals surface area contributed by atoms with Crippen LogP contribution in [0.5, 0.6) is 17.6 Å². The Labute approximate surface area is 729 Å². The lowest BCUT2D eigenvalue weighted by atomic mass is 9.96. The van der Waals surface area contributed by atoms with Gasteiger partial charge in [0.1, 0.15) is 71.6 Å². The van der Waals surface area contributed by atoms with Gasteiger partial charge >= 0.3 is 38.1 Å². The number of esters is 3. The largest absolute Gasteiger partial charge is 0.479 e. The minimum Gasteiger partial charge on any atom is -0.479 e. The molecule has 0 saturated carbocycles. The van der Waals surface area contributed by atoms with E-state index < -0.39 is 220 Å². The van der Waals surface area contributed by atoms with Crippen LogP contribution in [0, 0.1) is 17.8 Å².